The van der Waals surface area contributed by atoms with Gasteiger partial charge in [0.25, 0.3) is 0 Å². The SMILES string of the molecule is O=C(NCCc1csc(-c2ccncc2)n1)C1CNCCO1. The molecular formula is C15H18N4O2S. The van der Waals surface area contributed by atoms with Crippen LogP contribution in [0.5, 0.6) is 0 Å². The lowest BCUT2D eigenvalue weighted by atomic mass is 10.2. The van der Waals surface area contributed by atoms with Crippen LogP contribution in [0.1, 0.15) is 5.69 Å². The fourth-order valence-electron chi connectivity index (χ4n) is 2.21. The molecular weight excluding hydrogens is 300 g/mol. The van der Waals surface area contributed by atoms with Gasteiger partial charge in [0.2, 0.25) is 5.91 Å². The number of rotatable bonds is 5. The van der Waals surface area contributed by atoms with Crippen LogP contribution in [0.3, 0.4) is 0 Å². The van der Waals surface area contributed by atoms with Gasteiger partial charge in [0.1, 0.15) is 11.1 Å². The standard InChI is InChI=1S/C15H18N4O2S/c20-14(13-9-17-7-8-21-13)18-6-3-12-10-22-15(19-12)11-1-4-16-5-2-11/h1-2,4-5,10,13,17H,3,6-9H2,(H,18,20). The molecule has 116 valence electrons. The van der Waals surface area contributed by atoms with Crippen molar-refractivity contribution in [3.8, 4) is 10.6 Å². The molecule has 6 nitrogen and oxygen atoms in total. The van der Waals surface area contributed by atoms with Gasteiger partial charge in [-0.1, -0.05) is 0 Å². The zero-order chi connectivity index (χ0) is 15.2. The van der Waals surface area contributed by atoms with Crippen LogP contribution in [0.15, 0.2) is 29.9 Å². The third-order valence-corrected chi connectivity index (χ3v) is 4.32. The summed E-state index contributed by atoms with van der Waals surface area (Å²) in [4.78, 5) is 20.5. The molecule has 0 spiro atoms. The molecule has 0 aliphatic carbocycles. The molecule has 3 rings (SSSR count). The van der Waals surface area contributed by atoms with Gasteiger partial charge in [-0.15, -0.1) is 11.3 Å². The van der Waals surface area contributed by atoms with Gasteiger partial charge in [0, 0.05) is 49.4 Å². The van der Waals surface area contributed by atoms with Crippen molar-refractivity contribution in [2.75, 3.05) is 26.2 Å². The second kappa shape index (κ2) is 7.44. The Morgan fingerprint density at radius 1 is 1.45 bits per heavy atom. The van der Waals surface area contributed by atoms with Crippen molar-refractivity contribution in [3.05, 3.63) is 35.6 Å². The molecule has 1 aliphatic rings. The molecule has 0 radical (unpaired) electrons. The maximum Gasteiger partial charge on any atom is 0.250 e. The summed E-state index contributed by atoms with van der Waals surface area (Å²) in [6.45, 7) is 2.53. The van der Waals surface area contributed by atoms with Gasteiger partial charge in [-0.05, 0) is 12.1 Å². The van der Waals surface area contributed by atoms with E-state index in [0.717, 1.165) is 22.8 Å². The van der Waals surface area contributed by atoms with E-state index in [1.807, 2.05) is 17.5 Å². The van der Waals surface area contributed by atoms with Gasteiger partial charge in [-0.25, -0.2) is 4.98 Å². The average molecular weight is 318 g/mol. The van der Waals surface area contributed by atoms with E-state index in [1.54, 1.807) is 23.7 Å². The number of amides is 1. The number of morpholine rings is 1. The van der Waals surface area contributed by atoms with Crippen molar-refractivity contribution in [1.82, 2.24) is 20.6 Å². The van der Waals surface area contributed by atoms with E-state index >= 15 is 0 Å². The predicted octanol–water partition coefficient (Wildman–Crippen LogP) is 0.852. The molecule has 0 bridgehead atoms. The Kier molecular flexibility index (Phi) is 5.10. The first-order valence-electron chi connectivity index (χ1n) is 7.28. The van der Waals surface area contributed by atoms with E-state index < -0.39 is 0 Å². The minimum absolute atomic E-state index is 0.0585. The van der Waals surface area contributed by atoms with Crippen LogP contribution in [-0.2, 0) is 16.0 Å². The summed E-state index contributed by atoms with van der Waals surface area (Å²) in [5.74, 6) is -0.0585. The molecule has 1 unspecified atom stereocenters. The van der Waals surface area contributed by atoms with E-state index in [-0.39, 0.29) is 12.0 Å². The normalized spacial score (nSPS) is 18.1. The monoisotopic (exact) mass is 318 g/mol. The van der Waals surface area contributed by atoms with E-state index in [1.165, 1.54) is 0 Å². The highest BCUT2D eigenvalue weighted by atomic mass is 32.1. The van der Waals surface area contributed by atoms with Crippen LogP contribution in [0.25, 0.3) is 10.6 Å². The van der Waals surface area contributed by atoms with E-state index in [0.29, 0.717) is 26.1 Å². The highest BCUT2D eigenvalue weighted by Crippen LogP contribution is 2.22. The fourth-order valence-corrected chi connectivity index (χ4v) is 3.07. The first kappa shape index (κ1) is 15.1. The van der Waals surface area contributed by atoms with Gasteiger partial charge in [0.05, 0.1) is 12.3 Å². The molecule has 1 atom stereocenters. The number of nitrogens with zero attached hydrogens (tertiary/aromatic N) is 2. The van der Waals surface area contributed by atoms with Crippen molar-refractivity contribution < 1.29 is 9.53 Å². The minimum Gasteiger partial charge on any atom is -0.366 e. The van der Waals surface area contributed by atoms with E-state index in [2.05, 4.69) is 20.6 Å². The van der Waals surface area contributed by atoms with Crippen LogP contribution < -0.4 is 10.6 Å². The molecule has 1 fully saturated rings. The molecule has 0 aromatic carbocycles. The predicted molar refractivity (Wildman–Crippen MR) is 84.7 cm³/mol. The fraction of sp³-hybridized carbons (Fsp3) is 0.400. The van der Waals surface area contributed by atoms with Crippen molar-refractivity contribution >= 4 is 17.2 Å². The van der Waals surface area contributed by atoms with E-state index in [9.17, 15) is 4.79 Å². The topological polar surface area (TPSA) is 76.1 Å². The molecule has 7 heteroatoms. The summed E-state index contributed by atoms with van der Waals surface area (Å²) in [6.07, 6.45) is 3.86. The number of hydrogen-bond donors (Lipinski definition) is 2. The summed E-state index contributed by atoms with van der Waals surface area (Å²) < 4.78 is 5.41. The Balaban J connectivity index is 1.48. The minimum atomic E-state index is -0.378. The number of nitrogens with one attached hydrogen (secondary N) is 2. The number of ether oxygens (including phenoxy) is 1. The Morgan fingerprint density at radius 3 is 3.09 bits per heavy atom. The lowest BCUT2D eigenvalue weighted by Gasteiger charge is -2.22. The van der Waals surface area contributed by atoms with Gasteiger partial charge in [-0.2, -0.15) is 0 Å². The molecule has 22 heavy (non-hydrogen) atoms. The molecule has 3 heterocycles. The second-order valence-corrected chi connectivity index (χ2v) is 5.84. The summed E-state index contributed by atoms with van der Waals surface area (Å²) >= 11 is 1.60. The van der Waals surface area contributed by atoms with Crippen molar-refractivity contribution in [2.24, 2.45) is 0 Å². The highest BCUT2D eigenvalue weighted by Gasteiger charge is 2.21. The first-order valence-corrected chi connectivity index (χ1v) is 8.16. The number of thiazole rings is 1. The van der Waals surface area contributed by atoms with Gasteiger partial charge in [-0.3, -0.25) is 9.78 Å². The third-order valence-electron chi connectivity index (χ3n) is 3.38. The van der Waals surface area contributed by atoms with Crippen molar-refractivity contribution in [1.29, 1.82) is 0 Å². The quantitative estimate of drug-likeness (QED) is 0.855. The molecule has 2 aromatic heterocycles. The van der Waals surface area contributed by atoms with Gasteiger partial charge < -0.3 is 15.4 Å². The maximum absolute atomic E-state index is 11.9. The maximum atomic E-state index is 11.9. The lowest BCUT2D eigenvalue weighted by Crippen LogP contribution is -2.48. The smallest absolute Gasteiger partial charge is 0.250 e. The Hall–Kier alpha value is -1.83. The second-order valence-electron chi connectivity index (χ2n) is 4.98. The molecule has 0 saturated carbocycles. The Labute approximate surface area is 132 Å². The third kappa shape index (κ3) is 3.88. The van der Waals surface area contributed by atoms with Crippen LogP contribution >= 0.6 is 11.3 Å². The number of pyridine rings is 1. The molecule has 1 amide bonds. The van der Waals surface area contributed by atoms with Crippen molar-refractivity contribution in [3.63, 3.8) is 0 Å². The van der Waals surface area contributed by atoms with Crippen LogP contribution in [0.2, 0.25) is 0 Å². The number of aromatic nitrogens is 2. The summed E-state index contributed by atoms with van der Waals surface area (Å²) in [5, 5.41) is 9.05. The molecule has 1 aliphatic heterocycles. The van der Waals surface area contributed by atoms with Crippen LogP contribution in [-0.4, -0.2) is 48.2 Å². The first-order chi connectivity index (χ1) is 10.8. The molecule has 2 aromatic rings. The number of hydrogen-bond acceptors (Lipinski definition) is 6. The summed E-state index contributed by atoms with van der Waals surface area (Å²) in [5.41, 5.74) is 2.05. The number of carbonyl (C=O) groups is 1. The van der Waals surface area contributed by atoms with Crippen LogP contribution in [0, 0.1) is 0 Å². The molecule has 1 saturated heterocycles. The summed E-state index contributed by atoms with van der Waals surface area (Å²) in [7, 11) is 0. The van der Waals surface area contributed by atoms with Crippen molar-refractivity contribution in [2.45, 2.75) is 12.5 Å². The van der Waals surface area contributed by atoms with Crippen LogP contribution in [0.4, 0.5) is 0 Å². The van der Waals surface area contributed by atoms with Gasteiger partial charge >= 0.3 is 0 Å². The zero-order valence-corrected chi connectivity index (χ0v) is 12.9. The largest absolute Gasteiger partial charge is 0.366 e. The number of carbonyl (C=O) groups excluding carboxylic acids is 1. The molecule has 2 N–H and O–H groups in total. The summed E-state index contributed by atoms with van der Waals surface area (Å²) in [6, 6.07) is 3.88. The van der Waals surface area contributed by atoms with E-state index in [4.69, 9.17) is 4.74 Å². The zero-order valence-electron chi connectivity index (χ0n) is 12.1. The average Bonchev–Trinajstić information content (AvgIpc) is 3.05. The Bertz CT molecular complexity index is 611. The Morgan fingerprint density at radius 2 is 2.32 bits per heavy atom. The highest BCUT2D eigenvalue weighted by molar-refractivity contribution is 7.13. The van der Waals surface area contributed by atoms with Gasteiger partial charge in [0.15, 0.2) is 0 Å². The lowest BCUT2D eigenvalue weighted by molar-refractivity contribution is -0.134.